The minimum absolute atomic E-state index is 0.00724. The summed E-state index contributed by atoms with van der Waals surface area (Å²) in [5.74, 6) is -10.8. The van der Waals surface area contributed by atoms with Crippen LogP contribution in [0.3, 0.4) is 0 Å². The first-order chi connectivity index (χ1) is 36.1. The van der Waals surface area contributed by atoms with Crippen LogP contribution in [0.4, 0.5) is 26.3 Å². The van der Waals surface area contributed by atoms with Crippen molar-refractivity contribution in [2.75, 3.05) is 19.8 Å². The molecule has 0 radical (unpaired) electrons. The first-order valence-corrected chi connectivity index (χ1v) is 25.2. The molecule has 0 N–H and O–H groups in total. The fourth-order valence-corrected chi connectivity index (χ4v) is 11.9. The Morgan fingerprint density at radius 2 is 0.909 bits per heavy atom. The van der Waals surface area contributed by atoms with Gasteiger partial charge in [0.15, 0.2) is 6.61 Å². The van der Waals surface area contributed by atoms with Gasteiger partial charge in [0.05, 0.1) is 29.1 Å². The number of carbonyl (C=O) groups is 9. The second kappa shape index (κ2) is 24.1. The molecule has 0 aromatic rings. The summed E-state index contributed by atoms with van der Waals surface area (Å²) in [7, 11) is 0. The van der Waals surface area contributed by atoms with E-state index in [1.54, 1.807) is 0 Å². The zero-order chi connectivity index (χ0) is 56.5. The van der Waals surface area contributed by atoms with Gasteiger partial charge in [-0.25, -0.2) is 19.2 Å². The van der Waals surface area contributed by atoms with E-state index in [2.05, 4.69) is 42.3 Å². The van der Waals surface area contributed by atoms with Gasteiger partial charge in [-0.15, -0.1) is 0 Å². The fraction of sp³-hybridized carbons (Fsp3) is 0.780. The Morgan fingerprint density at radius 3 is 1.31 bits per heavy atom. The van der Waals surface area contributed by atoms with E-state index in [1.165, 1.54) is 20.8 Å². The highest BCUT2D eigenvalue weighted by molar-refractivity contribution is 7.96. The molecule has 432 valence electrons. The van der Waals surface area contributed by atoms with Crippen molar-refractivity contribution in [1.82, 2.24) is 0 Å². The van der Waals surface area contributed by atoms with Crippen molar-refractivity contribution in [3.8, 4) is 0 Å². The number of halogens is 6. The van der Waals surface area contributed by atoms with Crippen molar-refractivity contribution >= 4 is 89.9 Å². The average Bonchev–Trinajstić information content (AvgIpc) is 4.40. The molecule has 16 atom stereocenters. The Bertz CT molecular complexity index is 2280. The summed E-state index contributed by atoms with van der Waals surface area (Å²) in [6.45, 7) is 1.68. The predicted molar refractivity (Wildman–Crippen MR) is 218 cm³/mol. The number of fused-ring (bicyclic) bond motifs is 3. The van der Waals surface area contributed by atoms with Gasteiger partial charge in [-0.1, -0.05) is 0 Å². The highest BCUT2D eigenvalue weighted by Gasteiger charge is 2.66. The van der Waals surface area contributed by atoms with Gasteiger partial charge in [-0.05, 0) is 59.3 Å². The van der Waals surface area contributed by atoms with E-state index in [9.17, 15) is 85.3 Å². The Hall–Kier alpha value is -4.50. The Kier molecular flexibility index (Phi) is 18.8. The molecule has 0 amide bonds. The van der Waals surface area contributed by atoms with Gasteiger partial charge in [0.25, 0.3) is 0 Å². The molecule has 6 saturated carbocycles. The lowest BCUT2D eigenvalue weighted by Gasteiger charge is -2.30. The number of carbonyl (C=O) groups excluding carboxylic acids is 9. The van der Waals surface area contributed by atoms with Crippen molar-refractivity contribution in [3.63, 3.8) is 0 Å². The van der Waals surface area contributed by atoms with Crippen LogP contribution in [0.15, 0.2) is 0 Å². The largest absolute Gasteiger partial charge is 0.691 e. The van der Waals surface area contributed by atoms with Crippen LogP contribution in [0.25, 0.3) is 0 Å². The molecule has 27 nitrogen and oxygen atoms in total. The second-order valence-electron chi connectivity index (χ2n) is 19.7. The number of esters is 9. The van der Waals surface area contributed by atoms with Crippen molar-refractivity contribution in [1.29, 1.82) is 0 Å². The van der Waals surface area contributed by atoms with Gasteiger partial charge in [0.1, 0.15) is 86.0 Å². The van der Waals surface area contributed by atoms with Gasteiger partial charge in [-0.3, -0.25) is 39.1 Å². The van der Waals surface area contributed by atoms with Crippen molar-refractivity contribution < 1.29 is 156 Å². The molecule has 3 heterocycles. The SMILES string of the molecule is CC(C)(COC(=O)C(F)(F)SOO[O-])C(=O)OC1C2CC3C(=O)OC1C3C2.CC(COC(=O)C(F)(F)SOO[O-])C(=O)OC1C2CC3C(=O)OC1C3C2.O=C(COC(=O)C(F)(F)SOO[O-])OC1C2CC3C(=O)OC1C3C2. The van der Waals surface area contributed by atoms with Crippen LogP contribution in [0, 0.1) is 64.6 Å². The third-order valence-corrected chi connectivity index (χ3v) is 16.0. The van der Waals surface area contributed by atoms with E-state index >= 15 is 0 Å². The molecule has 3 aliphatic heterocycles. The average molecular weight is 1180 g/mol. The van der Waals surface area contributed by atoms with Crippen LogP contribution in [0.5, 0.6) is 0 Å². The minimum atomic E-state index is -4.23. The maximum atomic E-state index is 13.3. The Morgan fingerprint density at radius 1 is 0.545 bits per heavy atom. The number of ether oxygens (including phenoxy) is 9. The molecule has 0 aromatic heterocycles. The number of rotatable bonds is 23. The molecule has 0 spiro atoms. The van der Waals surface area contributed by atoms with E-state index in [4.69, 9.17) is 28.4 Å². The summed E-state index contributed by atoms with van der Waals surface area (Å²) >= 11 is -2.50. The first kappa shape index (κ1) is 60.1. The van der Waals surface area contributed by atoms with Crippen LogP contribution >= 0.6 is 36.1 Å². The van der Waals surface area contributed by atoms with Gasteiger partial charge in [0, 0.05) is 35.5 Å². The zero-order valence-corrected chi connectivity index (χ0v) is 42.1. The fourth-order valence-electron chi connectivity index (χ4n) is 11.1. The Balaban J connectivity index is 0.000000168. The predicted octanol–water partition coefficient (Wildman–Crippen LogP) is 0.124. The molecule has 16 unspecified atom stereocenters. The monoisotopic (exact) mass is 1180 g/mol. The summed E-state index contributed by atoms with van der Waals surface area (Å²) in [5, 5.41) is 24.2. The normalized spacial score (nSPS) is 32.7. The standard InChI is InChI=1S/C15H18F2O9S.C14H16F2O9S.C12H12F2O9S/c1-14(2,5-22-13(20)15(16,17)27-26-25-21)12(19)24-9-6-3-7-8(4-6)11(18)23-10(7)9;1-5(4-21-13(19)14(15,16)26-25-24-20)11(17)22-9-6-2-7-8(3-6)12(18)23-10(7)9;13-12(14,24-23-22-18)11(17)19-3-7(15)20-8-4-1-5-6(2-4)10(16)21-9(5)8/h6-10,21H,3-5H2,1-2H3;5-10,20H,2-4H2,1H3;4-6,8-9,18H,1-3H2/p-3. The van der Waals surface area contributed by atoms with Gasteiger partial charge < -0.3 is 58.4 Å². The van der Waals surface area contributed by atoms with Crippen molar-refractivity contribution in [3.05, 3.63) is 0 Å². The molecule has 3 saturated heterocycles. The van der Waals surface area contributed by atoms with E-state index in [-0.39, 0.29) is 71.2 Å². The van der Waals surface area contributed by atoms with Crippen molar-refractivity contribution in [2.45, 2.75) is 112 Å². The van der Waals surface area contributed by atoms with E-state index in [0.717, 1.165) is 12.8 Å². The Labute approximate surface area is 440 Å². The summed E-state index contributed by atoms with van der Waals surface area (Å²) in [5.41, 5.74) is -1.42. The topological polar surface area (TPSA) is 361 Å². The van der Waals surface area contributed by atoms with E-state index in [1.807, 2.05) is 0 Å². The zero-order valence-electron chi connectivity index (χ0n) is 39.6. The molecular weight excluding hydrogens is 1130 g/mol. The highest BCUT2D eigenvalue weighted by atomic mass is 32.2. The maximum Gasteiger partial charge on any atom is 0.415 e. The number of hydrogen-bond acceptors (Lipinski definition) is 30. The molecule has 0 aromatic carbocycles. The van der Waals surface area contributed by atoms with Crippen LogP contribution < -0.4 is 15.8 Å². The van der Waals surface area contributed by atoms with Crippen LogP contribution in [0.1, 0.15) is 59.3 Å². The molecule has 77 heavy (non-hydrogen) atoms. The van der Waals surface area contributed by atoms with Crippen molar-refractivity contribution in [2.24, 2.45) is 64.6 Å². The first-order valence-electron chi connectivity index (χ1n) is 22.9. The molecule has 9 aliphatic rings. The lowest BCUT2D eigenvalue weighted by Crippen LogP contribution is -2.42. The number of hydrogen-bond donors (Lipinski definition) is 0. The van der Waals surface area contributed by atoms with Gasteiger partial charge in [0.2, 0.25) is 0 Å². The lowest BCUT2D eigenvalue weighted by molar-refractivity contribution is -0.777. The highest BCUT2D eigenvalue weighted by Crippen LogP contribution is 2.58. The number of alkyl halides is 6. The summed E-state index contributed by atoms with van der Waals surface area (Å²) < 4.78 is 134. The molecule has 9 rings (SSSR count). The summed E-state index contributed by atoms with van der Waals surface area (Å²) in [6, 6.07) is 0. The molecule has 6 aliphatic carbocycles. The van der Waals surface area contributed by atoms with E-state index < -0.39 is 155 Å². The third kappa shape index (κ3) is 13.1. The van der Waals surface area contributed by atoms with Gasteiger partial charge >= 0.3 is 69.5 Å². The van der Waals surface area contributed by atoms with Crippen LogP contribution in [-0.4, -0.2) is 126 Å². The second-order valence-corrected chi connectivity index (χ2v) is 22.1. The lowest BCUT2D eigenvalue weighted by atomic mass is 9.87. The van der Waals surface area contributed by atoms with Crippen LogP contribution in [-0.2, 0) is 114 Å². The molecule has 36 heteroatoms. The minimum Gasteiger partial charge on any atom is -0.691 e. The summed E-state index contributed by atoms with van der Waals surface area (Å²) in [6.07, 6.45) is 0.657. The van der Waals surface area contributed by atoms with Crippen LogP contribution in [0.2, 0.25) is 0 Å². The quantitative estimate of drug-likeness (QED) is 0.0327. The van der Waals surface area contributed by atoms with Gasteiger partial charge in [-0.2, -0.15) is 39.3 Å². The molecular formula is C41H43F6O27S3-3. The third-order valence-electron chi connectivity index (χ3n) is 14.5. The molecule has 6 bridgehead atoms. The van der Waals surface area contributed by atoms with E-state index in [0.29, 0.717) is 25.7 Å². The molecule has 9 fully saturated rings. The smallest absolute Gasteiger partial charge is 0.415 e. The maximum absolute atomic E-state index is 13.3. The summed E-state index contributed by atoms with van der Waals surface area (Å²) in [4.78, 5) is 105.